The van der Waals surface area contributed by atoms with Crippen LogP contribution in [0.2, 0.25) is 0 Å². The molecule has 0 amide bonds. The molecule has 1 saturated heterocycles. The topological polar surface area (TPSA) is 59.0 Å². The zero-order valence-electron chi connectivity index (χ0n) is 14.5. The van der Waals surface area contributed by atoms with E-state index >= 15 is 0 Å². The van der Waals surface area contributed by atoms with Crippen molar-refractivity contribution < 1.29 is 19.4 Å². The van der Waals surface area contributed by atoms with E-state index in [1.807, 2.05) is 6.08 Å². The monoisotopic (exact) mass is 483 g/mol. The highest BCUT2D eigenvalue weighted by molar-refractivity contribution is 9.13. The van der Waals surface area contributed by atoms with Gasteiger partial charge in [0.2, 0.25) is 0 Å². The molecule has 1 aromatic carbocycles. The number of likely N-dealkylation sites (N-methyl/N-ethyl adjacent to an activating group) is 1. The molecule has 0 unspecified atom stereocenters. The van der Waals surface area contributed by atoms with Crippen LogP contribution in [0.4, 0.5) is 0 Å². The molecule has 26 heavy (non-hydrogen) atoms. The number of hydrogen-bond donors (Lipinski definition) is 1. The third kappa shape index (κ3) is 1.92. The second-order valence-corrected chi connectivity index (χ2v) is 9.31. The van der Waals surface area contributed by atoms with Crippen molar-refractivity contribution in [1.82, 2.24) is 4.90 Å². The number of aromatic hydroxyl groups is 1. The zero-order chi connectivity index (χ0) is 18.4. The van der Waals surface area contributed by atoms with Gasteiger partial charge in [0.25, 0.3) is 0 Å². The second kappa shape index (κ2) is 5.49. The number of carbonyl (C=O) groups is 1. The maximum absolute atomic E-state index is 11.6. The van der Waals surface area contributed by atoms with E-state index in [1.54, 1.807) is 0 Å². The van der Waals surface area contributed by atoms with Crippen LogP contribution in [0.5, 0.6) is 11.5 Å². The Hall–Kier alpha value is -1.05. The van der Waals surface area contributed by atoms with Crippen molar-refractivity contribution in [3.8, 4) is 11.5 Å². The Morgan fingerprint density at radius 3 is 2.88 bits per heavy atom. The lowest BCUT2D eigenvalue weighted by atomic mass is 9.53. The molecule has 2 bridgehead atoms. The molecule has 1 spiro atoms. The van der Waals surface area contributed by atoms with Gasteiger partial charge in [0.05, 0.1) is 4.47 Å². The minimum Gasteiger partial charge on any atom is -0.503 e. The van der Waals surface area contributed by atoms with Crippen molar-refractivity contribution in [2.45, 2.75) is 43.4 Å². The number of ether oxygens (including phenoxy) is 2. The quantitative estimate of drug-likeness (QED) is 0.489. The minimum atomic E-state index is -0.442. The summed E-state index contributed by atoms with van der Waals surface area (Å²) in [6.45, 7) is 2.38. The van der Waals surface area contributed by atoms with Crippen LogP contribution in [-0.2, 0) is 21.4 Å². The summed E-state index contributed by atoms with van der Waals surface area (Å²) >= 11 is 7.18. The molecule has 2 heterocycles. The van der Waals surface area contributed by atoms with Crippen molar-refractivity contribution in [2.24, 2.45) is 5.92 Å². The number of phenols is 1. The zero-order valence-corrected chi connectivity index (χ0v) is 17.6. The standard InChI is InChI=1S/C19H19Br2NO4/c1-8(23)25-12-4-3-10-11-7-9-13-17(16(24)15(21)14(9)20)26-18(12)19(10,13)5-6-22(11)2/h3-4,10-12,18,24H,5-7H2,1-2H3/t10-,11+,12-,18-,19-/m0/s1. The molecule has 1 fully saturated rings. The van der Waals surface area contributed by atoms with Crippen molar-refractivity contribution in [3.63, 3.8) is 0 Å². The molecular formula is C19H19Br2NO4. The van der Waals surface area contributed by atoms with Gasteiger partial charge in [0, 0.05) is 34.3 Å². The van der Waals surface area contributed by atoms with Gasteiger partial charge < -0.3 is 19.5 Å². The molecule has 5 rings (SSSR count). The van der Waals surface area contributed by atoms with Crippen molar-refractivity contribution in [1.29, 1.82) is 0 Å². The molecule has 0 saturated carbocycles. The molecular weight excluding hydrogens is 466 g/mol. The van der Waals surface area contributed by atoms with Gasteiger partial charge in [-0.25, -0.2) is 0 Å². The van der Waals surface area contributed by atoms with Gasteiger partial charge in [-0.3, -0.25) is 4.79 Å². The number of phenolic OH excluding ortho intramolecular Hbond substituents is 1. The molecule has 2 aliphatic carbocycles. The number of likely N-dealkylation sites (tertiary alicyclic amines) is 1. The van der Waals surface area contributed by atoms with Crippen molar-refractivity contribution in [3.05, 3.63) is 32.2 Å². The third-order valence-corrected chi connectivity index (χ3v) is 8.78. The van der Waals surface area contributed by atoms with E-state index in [2.05, 4.69) is 49.9 Å². The van der Waals surface area contributed by atoms with Crippen molar-refractivity contribution in [2.75, 3.05) is 13.6 Å². The van der Waals surface area contributed by atoms with E-state index < -0.39 is 6.10 Å². The average molecular weight is 485 g/mol. The number of carbonyl (C=O) groups excluding carboxylic acids is 1. The Bertz CT molecular complexity index is 870. The Labute approximate surface area is 168 Å². The van der Waals surface area contributed by atoms with E-state index in [-0.39, 0.29) is 29.2 Å². The molecule has 2 aliphatic heterocycles. The summed E-state index contributed by atoms with van der Waals surface area (Å²) in [5.74, 6) is 0.631. The molecule has 1 N–H and O–H groups in total. The number of piperidine rings is 1. The number of benzene rings is 1. The summed E-state index contributed by atoms with van der Waals surface area (Å²) in [5, 5.41) is 10.8. The average Bonchev–Trinajstić information content (AvgIpc) is 2.94. The normalized spacial score (nSPS) is 36.5. The Morgan fingerprint density at radius 1 is 1.38 bits per heavy atom. The molecule has 138 valence electrons. The summed E-state index contributed by atoms with van der Waals surface area (Å²) in [6.07, 6.45) is 5.23. The number of rotatable bonds is 1. The van der Waals surface area contributed by atoms with Gasteiger partial charge in [-0.15, -0.1) is 0 Å². The lowest BCUT2D eigenvalue weighted by molar-refractivity contribution is -0.152. The summed E-state index contributed by atoms with van der Waals surface area (Å²) < 4.78 is 13.5. The van der Waals surface area contributed by atoms with E-state index in [9.17, 15) is 9.90 Å². The van der Waals surface area contributed by atoms with Crippen LogP contribution < -0.4 is 4.74 Å². The molecule has 7 heteroatoms. The number of hydrogen-bond acceptors (Lipinski definition) is 5. The fourth-order valence-corrected chi connectivity index (χ4v) is 6.55. The maximum atomic E-state index is 11.6. The fraction of sp³-hybridized carbons (Fsp3) is 0.526. The first kappa shape index (κ1) is 17.1. The van der Waals surface area contributed by atoms with Crippen LogP contribution in [0.25, 0.3) is 0 Å². The number of halogens is 2. The predicted octanol–water partition coefficient (Wildman–Crippen LogP) is 3.29. The summed E-state index contributed by atoms with van der Waals surface area (Å²) in [5.41, 5.74) is 2.03. The number of nitrogens with zero attached hydrogens (tertiary/aromatic N) is 1. The van der Waals surface area contributed by atoms with Gasteiger partial charge in [0.1, 0.15) is 6.10 Å². The molecule has 4 aliphatic rings. The Balaban J connectivity index is 1.79. The van der Waals surface area contributed by atoms with Crippen LogP contribution in [0, 0.1) is 5.92 Å². The van der Waals surface area contributed by atoms with Crippen LogP contribution >= 0.6 is 31.9 Å². The second-order valence-electron chi connectivity index (χ2n) is 7.72. The highest BCUT2D eigenvalue weighted by atomic mass is 79.9. The van der Waals surface area contributed by atoms with Crippen molar-refractivity contribution >= 4 is 37.8 Å². The highest BCUT2D eigenvalue weighted by Crippen LogP contribution is 2.65. The Kier molecular flexibility index (Phi) is 3.60. The Morgan fingerprint density at radius 2 is 2.15 bits per heavy atom. The van der Waals surface area contributed by atoms with E-state index in [4.69, 9.17) is 9.47 Å². The van der Waals surface area contributed by atoms with Gasteiger partial charge in [-0.2, -0.15) is 0 Å². The lowest BCUT2D eigenvalue weighted by Gasteiger charge is -2.56. The predicted molar refractivity (Wildman–Crippen MR) is 103 cm³/mol. The lowest BCUT2D eigenvalue weighted by Crippen LogP contribution is -2.65. The molecule has 0 aromatic heterocycles. The van der Waals surface area contributed by atoms with E-state index in [0.29, 0.717) is 16.3 Å². The molecule has 0 radical (unpaired) electrons. The SMILES string of the molecule is CC(=O)O[C@H]1C=C[C@H]2[C@H]3Cc4c(Br)c(Br)c(O)c5c4[C@@]2(CCN3C)[C@H]1O5. The smallest absolute Gasteiger partial charge is 0.303 e. The summed E-state index contributed by atoms with van der Waals surface area (Å²) in [6, 6.07) is 0.357. The van der Waals surface area contributed by atoms with E-state index in [0.717, 1.165) is 29.4 Å². The molecule has 5 atom stereocenters. The third-order valence-electron chi connectivity index (χ3n) is 6.60. The van der Waals surface area contributed by atoms with Gasteiger partial charge in [-0.05, 0) is 69.9 Å². The van der Waals surface area contributed by atoms with Crippen LogP contribution in [0.15, 0.2) is 21.1 Å². The van der Waals surface area contributed by atoms with Gasteiger partial charge in [-0.1, -0.05) is 6.08 Å². The first-order valence-corrected chi connectivity index (χ1v) is 10.4. The number of esters is 1. The summed E-state index contributed by atoms with van der Waals surface area (Å²) in [4.78, 5) is 14.1. The van der Waals surface area contributed by atoms with Crippen LogP contribution in [0.1, 0.15) is 24.5 Å². The fourth-order valence-electron chi connectivity index (χ4n) is 5.58. The highest BCUT2D eigenvalue weighted by Gasteiger charge is 2.65. The van der Waals surface area contributed by atoms with Gasteiger partial charge in [0.15, 0.2) is 17.6 Å². The van der Waals surface area contributed by atoms with Gasteiger partial charge >= 0.3 is 5.97 Å². The largest absolute Gasteiger partial charge is 0.503 e. The maximum Gasteiger partial charge on any atom is 0.303 e. The molecule has 5 nitrogen and oxygen atoms in total. The van der Waals surface area contributed by atoms with E-state index in [1.165, 1.54) is 12.5 Å². The first-order valence-electron chi connectivity index (χ1n) is 8.82. The minimum absolute atomic E-state index is 0.122. The summed E-state index contributed by atoms with van der Waals surface area (Å²) in [7, 11) is 2.17. The first-order chi connectivity index (χ1) is 12.4. The van der Waals surface area contributed by atoms with Crippen LogP contribution in [0.3, 0.4) is 0 Å². The molecule has 1 aromatic rings. The van der Waals surface area contributed by atoms with Crippen LogP contribution in [-0.4, -0.2) is 47.8 Å².